The molecule has 0 spiro atoms. The fourth-order valence-corrected chi connectivity index (χ4v) is 4.56. The molecule has 0 aliphatic rings. The quantitative estimate of drug-likeness (QED) is 0.309. The predicted octanol–water partition coefficient (Wildman–Crippen LogP) is 2.20. The molecule has 4 atom stereocenters. The van der Waals surface area contributed by atoms with Gasteiger partial charge >= 0.3 is 5.97 Å². The summed E-state index contributed by atoms with van der Waals surface area (Å²) in [4.78, 5) is 61.6. The highest BCUT2D eigenvalue weighted by Gasteiger charge is 2.30. The molecule has 0 aliphatic heterocycles. The van der Waals surface area contributed by atoms with Crippen LogP contribution in [-0.4, -0.2) is 70.6 Å². The first kappa shape index (κ1) is 29.7. The van der Waals surface area contributed by atoms with Crippen LogP contribution in [0.3, 0.4) is 0 Å². The lowest BCUT2D eigenvalue weighted by Crippen LogP contribution is -2.48. The van der Waals surface area contributed by atoms with E-state index in [4.69, 9.17) is 5.11 Å². The molecule has 0 saturated carbocycles. The summed E-state index contributed by atoms with van der Waals surface area (Å²) in [7, 11) is 0. The molecular formula is C24H34N2O6S2. The van der Waals surface area contributed by atoms with Gasteiger partial charge in [-0.15, -0.1) is 0 Å². The summed E-state index contributed by atoms with van der Waals surface area (Å²) in [6.45, 7) is 2.91. The Hall–Kier alpha value is -2.33. The van der Waals surface area contributed by atoms with Crippen LogP contribution >= 0.6 is 23.5 Å². The van der Waals surface area contributed by atoms with E-state index in [1.165, 1.54) is 37.4 Å². The van der Waals surface area contributed by atoms with Crippen LogP contribution in [0, 0.1) is 11.8 Å². The van der Waals surface area contributed by atoms with E-state index in [9.17, 15) is 24.0 Å². The monoisotopic (exact) mass is 510 g/mol. The lowest BCUT2D eigenvalue weighted by Gasteiger charge is -2.24. The molecule has 0 radical (unpaired) electrons. The maximum absolute atomic E-state index is 13.2. The second kappa shape index (κ2) is 15.5. The van der Waals surface area contributed by atoms with E-state index in [1.807, 2.05) is 36.6 Å². The van der Waals surface area contributed by atoms with Gasteiger partial charge in [0.2, 0.25) is 11.8 Å². The smallest absolute Gasteiger partial charge is 0.304 e. The first-order valence-electron chi connectivity index (χ1n) is 11.0. The second-order valence-electron chi connectivity index (χ2n) is 8.20. The number of hydrogen-bond donors (Lipinski definition) is 3. The standard InChI is InChI=1S/C24H34N2O6S2/c1-15(10-22(29)30)23(31)26-20(14-34-4)21(28)12-18(11-17-8-6-5-7-9-17)24(32)25-19(13-33-3)16(2)27/h5-9,15,18-20H,10-14H2,1-4H3,(H,25,32)(H,26,31)(H,29,30)/t15-,18+,19-,20-/m0/s1. The van der Waals surface area contributed by atoms with E-state index in [2.05, 4.69) is 10.6 Å². The van der Waals surface area contributed by atoms with Crippen molar-refractivity contribution in [2.75, 3.05) is 24.0 Å². The molecule has 10 heteroatoms. The molecule has 2 amide bonds. The number of carbonyl (C=O) groups is 5. The minimum atomic E-state index is -1.10. The highest BCUT2D eigenvalue weighted by atomic mass is 32.2. The number of carbonyl (C=O) groups excluding carboxylic acids is 4. The van der Waals surface area contributed by atoms with Crippen LogP contribution < -0.4 is 10.6 Å². The maximum Gasteiger partial charge on any atom is 0.304 e. The van der Waals surface area contributed by atoms with Crippen LogP contribution in [0.4, 0.5) is 0 Å². The van der Waals surface area contributed by atoms with Crippen LogP contribution in [-0.2, 0) is 30.4 Å². The first-order valence-corrected chi connectivity index (χ1v) is 13.7. The average Bonchev–Trinajstić information content (AvgIpc) is 2.77. The third-order valence-corrected chi connectivity index (χ3v) is 6.58. The fraction of sp³-hybridized carbons (Fsp3) is 0.542. The van der Waals surface area contributed by atoms with Gasteiger partial charge in [-0.25, -0.2) is 0 Å². The zero-order valence-electron chi connectivity index (χ0n) is 20.0. The van der Waals surface area contributed by atoms with Gasteiger partial charge in [0.05, 0.1) is 18.5 Å². The SMILES string of the molecule is CSC[C@H](NC(=O)[C@@H](CC(=O)[C@H](CSC)NC(=O)[C@@H](C)CC(=O)O)Cc1ccccc1)C(C)=O. The Balaban J connectivity index is 3.04. The zero-order valence-corrected chi connectivity index (χ0v) is 21.7. The van der Waals surface area contributed by atoms with Gasteiger partial charge in [-0.05, 0) is 31.4 Å². The summed E-state index contributed by atoms with van der Waals surface area (Å²) in [5.41, 5.74) is 0.875. The second-order valence-corrected chi connectivity index (χ2v) is 10.0. The Morgan fingerprint density at radius 3 is 1.97 bits per heavy atom. The van der Waals surface area contributed by atoms with E-state index < -0.39 is 35.8 Å². The predicted molar refractivity (Wildman–Crippen MR) is 136 cm³/mol. The van der Waals surface area contributed by atoms with Crippen molar-refractivity contribution in [2.45, 2.75) is 45.2 Å². The Morgan fingerprint density at radius 2 is 1.44 bits per heavy atom. The highest BCUT2D eigenvalue weighted by molar-refractivity contribution is 7.98. The van der Waals surface area contributed by atoms with E-state index in [0.717, 1.165) is 5.56 Å². The Labute approximate surface area is 209 Å². The number of nitrogens with one attached hydrogen (secondary N) is 2. The van der Waals surface area contributed by atoms with Crippen LogP contribution in [0.2, 0.25) is 0 Å². The first-order chi connectivity index (χ1) is 16.1. The fourth-order valence-electron chi connectivity index (χ4n) is 3.31. The van der Waals surface area contributed by atoms with Gasteiger partial charge in [0, 0.05) is 29.8 Å². The molecule has 1 rings (SSSR count). The number of aliphatic carboxylic acids is 1. The molecular weight excluding hydrogens is 476 g/mol. The van der Waals surface area contributed by atoms with Gasteiger partial charge in [-0.2, -0.15) is 23.5 Å². The van der Waals surface area contributed by atoms with Crippen LogP contribution in [0.1, 0.15) is 32.3 Å². The summed E-state index contributed by atoms with van der Waals surface area (Å²) in [5, 5.41) is 14.4. The summed E-state index contributed by atoms with van der Waals surface area (Å²) < 4.78 is 0. The maximum atomic E-state index is 13.2. The Kier molecular flexibility index (Phi) is 13.6. The topological polar surface area (TPSA) is 130 Å². The number of ketones is 2. The molecule has 0 unspecified atom stereocenters. The largest absolute Gasteiger partial charge is 0.481 e. The summed E-state index contributed by atoms with van der Waals surface area (Å²) in [5.74, 6) is -3.27. The van der Waals surface area contributed by atoms with Crippen LogP contribution in [0.5, 0.6) is 0 Å². The number of hydrogen-bond acceptors (Lipinski definition) is 7. The lowest BCUT2D eigenvalue weighted by atomic mass is 9.91. The molecule has 0 aromatic heterocycles. The average molecular weight is 511 g/mol. The Morgan fingerprint density at radius 1 is 0.882 bits per heavy atom. The highest BCUT2D eigenvalue weighted by Crippen LogP contribution is 2.17. The molecule has 0 aliphatic carbocycles. The van der Waals surface area contributed by atoms with E-state index in [-0.39, 0.29) is 30.3 Å². The number of amides is 2. The molecule has 34 heavy (non-hydrogen) atoms. The number of rotatable bonds is 16. The van der Waals surface area contributed by atoms with Crippen molar-refractivity contribution >= 4 is 52.9 Å². The van der Waals surface area contributed by atoms with Crippen molar-refractivity contribution in [1.29, 1.82) is 0 Å². The van der Waals surface area contributed by atoms with Crippen LogP contribution in [0.15, 0.2) is 30.3 Å². The third kappa shape index (κ3) is 10.7. The molecule has 8 nitrogen and oxygen atoms in total. The van der Waals surface area contributed by atoms with Crippen molar-refractivity contribution in [2.24, 2.45) is 11.8 Å². The minimum absolute atomic E-state index is 0.122. The van der Waals surface area contributed by atoms with Gasteiger partial charge in [0.15, 0.2) is 11.6 Å². The lowest BCUT2D eigenvalue weighted by molar-refractivity contribution is -0.141. The number of thioether (sulfide) groups is 2. The molecule has 1 aromatic rings. The zero-order chi connectivity index (χ0) is 25.7. The molecule has 0 heterocycles. The minimum Gasteiger partial charge on any atom is -0.481 e. The van der Waals surface area contributed by atoms with Gasteiger partial charge in [-0.3, -0.25) is 24.0 Å². The van der Waals surface area contributed by atoms with Crippen molar-refractivity contribution < 1.29 is 29.1 Å². The molecule has 0 fully saturated rings. The van der Waals surface area contributed by atoms with Crippen LogP contribution in [0.25, 0.3) is 0 Å². The van der Waals surface area contributed by atoms with Crippen molar-refractivity contribution in [1.82, 2.24) is 10.6 Å². The van der Waals surface area contributed by atoms with Crippen molar-refractivity contribution in [3.63, 3.8) is 0 Å². The van der Waals surface area contributed by atoms with Crippen molar-refractivity contribution in [3.8, 4) is 0 Å². The molecule has 1 aromatic carbocycles. The van der Waals surface area contributed by atoms with Crippen molar-refractivity contribution in [3.05, 3.63) is 35.9 Å². The van der Waals surface area contributed by atoms with Gasteiger partial charge in [0.25, 0.3) is 0 Å². The molecule has 188 valence electrons. The molecule has 0 bridgehead atoms. The summed E-state index contributed by atoms with van der Waals surface area (Å²) in [6.07, 6.45) is 3.48. The number of Topliss-reactive ketones (excluding diaryl/α,β-unsaturated/α-hetero) is 2. The molecule has 0 saturated heterocycles. The number of carboxylic acid groups (broad SMARTS) is 1. The normalized spacial score (nSPS) is 14.4. The van der Waals surface area contributed by atoms with Gasteiger partial charge < -0.3 is 15.7 Å². The summed E-state index contributed by atoms with van der Waals surface area (Å²) in [6, 6.07) is 7.79. The summed E-state index contributed by atoms with van der Waals surface area (Å²) >= 11 is 2.81. The van der Waals surface area contributed by atoms with Gasteiger partial charge in [-0.1, -0.05) is 37.3 Å². The third-order valence-electron chi connectivity index (χ3n) is 5.25. The van der Waals surface area contributed by atoms with Gasteiger partial charge in [0.1, 0.15) is 0 Å². The molecule has 3 N–H and O–H groups in total. The Bertz CT molecular complexity index is 849. The number of benzene rings is 1. The van der Waals surface area contributed by atoms with E-state index in [0.29, 0.717) is 17.9 Å². The van der Waals surface area contributed by atoms with E-state index >= 15 is 0 Å². The van der Waals surface area contributed by atoms with E-state index in [1.54, 1.807) is 6.26 Å². The number of carboxylic acids is 1.